The zero-order valence-corrected chi connectivity index (χ0v) is 24.3. The number of methoxy groups -OCH3 is 2. The summed E-state index contributed by atoms with van der Waals surface area (Å²) < 4.78 is 10.8. The average Bonchev–Trinajstić information content (AvgIpc) is 3.01. The van der Waals surface area contributed by atoms with Crippen molar-refractivity contribution in [1.82, 2.24) is 10.3 Å². The van der Waals surface area contributed by atoms with Crippen LogP contribution in [0.3, 0.4) is 0 Å². The van der Waals surface area contributed by atoms with Crippen molar-refractivity contribution in [3.63, 3.8) is 0 Å². The fraction of sp³-hybridized carbons (Fsp3) is 0.0968. The molecule has 0 aliphatic rings. The Morgan fingerprint density at radius 3 is 2.43 bits per heavy atom. The largest absolute Gasteiger partial charge is 0.497 e. The number of aromatic nitrogens is 1. The van der Waals surface area contributed by atoms with Crippen molar-refractivity contribution < 1.29 is 23.9 Å². The van der Waals surface area contributed by atoms with Crippen LogP contribution in [0.4, 0.5) is 11.5 Å². The van der Waals surface area contributed by atoms with Gasteiger partial charge in [-0.3, -0.25) is 14.4 Å². The number of carbonyl (C=O) groups excluding carboxylic acids is 3. The van der Waals surface area contributed by atoms with Crippen LogP contribution in [0.5, 0.6) is 11.5 Å². The topological polar surface area (TPSA) is 119 Å². The lowest BCUT2D eigenvalue weighted by atomic mass is 10.1. The van der Waals surface area contributed by atoms with Gasteiger partial charge in [-0.1, -0.05) is 35.9 Å². The van der Waals surface area contributed by atoms with Crippen LogP contribution >= 0.6 is 23.4 Å². The first-order chi connectivity index (χ1) is 20.3. The van der Waals surface area contributed by atoms with E-state index in [0.29, 0.717) is 39.2 Å². The summed E-state index contributed by atoms with van der Waals surface area (Å²) in [7, 11) is 3.04. The van der Waals surface area contributed by atoms with E-state index in [1.54, 1.807) is 78.9 Å². The highest BCUT2D eigenvalue weighted by atomic mass is 35.5. The number of nitrogens with zero attached hydrogens (tertiary/aromatic N) is 1. The molecular weight excluding hydrogens is 576 g/mol. The minimum Gasteiger partial charge on any atom is -0.497 e. The molecule has 214 valence electrons. The lowest BCUT2D eigenvalue weighted by molar-refractivity contribution is -0.114. The zero-order valence-electron chi connectivity index (χ0n) is 22.7. The Morgan fingerprint density at radius 2 is 1.71 bits per heavy atom. The van der Waals surface area contributed by atoms with E-state index in [9.17, 15) is 14.4 Å². The Morgan fingerprint density at radius 1 is 0.905 bits per heavy atom. The molecule has 0 saturated heterocycles. The predicted octanol–water partition coefficient (Wildman–Crippen LogP) is 5.89. The molecule has 1 heterocycles. The summed E-state index contributed by atoms with van der Waals surface area (Å²) in [5.41, 5.74) is 1.38. The molecule has 0 aliphatic carbocycles. The van der Waals surface area contributed by atoms with Gasteiger partial charge in [0.15, 0.2) is 0 Å². The minimum absolute atomic E-state index is 0.0108. The van der Waals surface area contributed by atoms with Crippen LogP contribution in [0.15, 0.2) is 102 Å². The normalized spacial score (nSPS) is 10.9. The highest BCUT2D eigenvalue weighted by Gasteiger charge is 2.17. The number of benzene rings is 3. The summed E-state index contributed by atoms with van der Waals surface area (Å²) in [5, 5.41) is 8.72. The van der Waals surface area contributed by atoms with Crippen molar-refractivity contribution >= 4 is 58.7 Å². The summed E-state index contributed by atoms with van der Waals surface area (Å²) in [4.78, 5) is 43.7. The molecule has 4 aromatic rings. The van der Waals surface area contributed by atoms with Crippen LogP contribution in [-0.2, 0) is 9.59 Å². The van der Waals surface area contributed by atoms with Gasteiger partial charge in [0.25, 0.3) is 11.8 Å². The van der Waals surface area contributed by atoms with Crippen LogP contribution in [0.1, 0.15) is 15.9 Å². The van der Waals surface area contributed by atoms with Gasteiger partial charge in [-0.05, 0) is 66.7 Å². The molecule has 42 heavy (non-hydrogen) atoms. The second kappa shape index (κ2) is 14.7. The number of halogens is 1. The number of hydrogen-bond donors (Lipinski definition) is 3. The lowest BCUT2D eigenvalue weighted by Gasteiger charge is -2.13. The maximum Gasteiger partial charge on any atom is 0.272 e. The van der Waals surface area contributed by atoms with Crippen molar-refractivity contribution in [1.29, 1.82) is 0 Å². The lowest BCUT2D eigenvalue weighted by Crippen LogP contribution is -2.30. The van der Waals surface area contributed by atoms with E-state index >= 15 is 0 Å². The standard InChI is InChI=1S/C31H27ClN4O5S/c1-40-24-12-13-27(41-2)21(15-24)16-26(35-30(38)20-7-4-3-5-8-20)31(39)34-23-9-6-10-25(17-23)42-19-29(37)36-28-14-11-22(32)18-33-28/h3-18H,19H2,1-2H3,(H,34,39)(H,35,38)(H,33,36,37)/b26-16+. The van der Waals surface area contributed by atoms with E-state index in [1.165, 1.54) is 38.3 Å². The SMILES string of the molecule is COc1ccc(OC)c(/C=C(/NC(=O)c2ccccc2)C(=O)Nc2cccc(SCC(=O)Nc3ccc(Cl)cn3)c2)c1. The van der Waals surface area contributed by atoms with Crippen LogP contribution in [0, 0.1) is 0 Å². The fourth-order valence-electron chi connectivity index (χ4n) is 3.69. The molecule has 0 bridgehead atoms. The van der Waals surface area contributed by atoms with E-state index in [4.69, 9.17) is 21.1 Å². The molecule has 0 spiro atoms. The first-order valence-electron chi connectivity index (χ1n) is 12.6. The molecule has 1 aromatic heterocycles. The number of anilines is 2. The van der Waals surface area contributed by atoms with Gasteiger partial charge in [-0.15, -0.1) is 11.8 Å². The van der Waals surface area contributed by atoms with E-state index in [-0.39, 0.29) is 17.4 Å². The van der Waals surface area contributed by atoms with Crippen LogP contribution in [0.2, 0.25) is 5.02 Å². The van der Waals surface area contributed by atoms with Crippen molar-refractivity contribution in [3.05, 3.63) is 113 Å². The number of nitrogens with one attached hydrogen (secondary N) is 3. The molecule has 3 aromatic carbocycles. The third-order valence-electron chi connectivity index (χ3n) is 5.72. The second-order valence-corrected chi connectivity index (χ2v) is 10.2. The number of pyridine rings is 1. The predicted molar refractivity (Wildman–Crippen MR) is 165 cm³/mol. The van der Waals surface area contributed by atoms with Gasteiger partial charge in [0.05, 0.1) is 25.0 Å². The van der Waals surface area contributed by atoms with E-state index in [2.05, 4.69) is 20.9 Å². The molecule has 4 rings (SSSR count). The van der Waals surface area contributed by atoms with Gasteiger partial charge in [0, 0.05) is 27.9 Å². The van der Waals surface area contributed by atoms with Crippen LogP contribution < -0.4 is 25.4 Å². The molecular formula is C31H27ClN4O5S. The molecule has 0 aliphatic heterocycles. The molecule has 9 nitrogen and oxygen atoms in total. The van der Waals surface area contributed by atoms with Crippen molar-refractivity contribution in [2.24, 2.45) is 0 Å². The zero-order chi connectivity index (χ0) is 29.9. The summed E-state index contributed by atoms with van der Waals surface area (Å²) in [5.74, 6) is 0.302. The molecule has 0 unspecified atom stereocenters. The van der Waals surface area contributed by atoms with E-state index in [1.807, 2.05) is 6.07 Å². The third-order valence-corrected chi connectivity index (χ3v) is 6.94. The number of amides is 3. The number of hydrogen-bond acceptors (Lipinski definition) is 7. The molecule has 0 saturated carbocycles. The summed E-state index contributed by atoms with van der Waals surface area (Å²) in [6.45, 7) is 0. The number of thioether (sulfide) groups is 1. The third kappa shape index (κ3) is 8.60. The van der Waals surface area contributed by atoms with Gasteiger partial charge in [0.2, 0.25) is 5.91 Å². The number of ether oxygens (including phenoxy) is 2. The first kappa shape index (κ1) is 30.2. The van der Waals surface area contributed by atoms with Gasteiger partial charge in [-0.25, -0.2) is 4.98 Å². The fourth-order valence-corrected chi connectivity index (χ4v) is 4.56. The summed E-state index contributed by atoms with van der Waals surface area (Å²) in [6.07, 6.45) is 2.97. The Labute approximate surface area is 252 Å². The molecule has 3 N–H and O–H groups in total. The monoisotopic (exact) mass is 602 g/mol. The second-order valence-electron chi connectivity index (χ2n) is 8.67. The van der Waals surface area contributed by atoms with E-state index < -0.39 is 11.8 Å². The van der Waals surface area contributed by atoms with Crippen molar-refractivity contribution in [2.75, 3.05) is 30.6 Å². The highest BCUT2D eigenvalue weighted by Crippen LogP contribution is 2.27. The number of rotatable bonds is 11. The molecule has 0 radical (unpaired) electrons. The Kier molecular flexibility index (Phi) is 10.6. The van der Waals surface area contributed by atoms with Gasteiger partial charge < -0.3 is 25.4 Å². The van der Waals surface area contributed by atoms with Crippen molar-refractivity contribution in [2.45, 2.75) is 4.90 Å². The summed E-state index contributed by atoms with van der Waals surface area (Å²) in [6, 6.07) is 24.0. The Bertz CT molecular complexity index is 1600. The highest BCUT2D eigenvalue weighted by molar-refractivity contribution is 8.00. The van der Waals surface area contributed by atoms with Crippen molar-refractivity contribution in [3.8, 4) is 11.5 Å². The molecule has 0 atom stereocenters. The molecule has 0 fully saturated rings. The Hall–Kier alpha value is -4.80. The maximum absolute atomic E-state index is 13.5. The first-order valence-corrected chi connectivity index (χ1v) is 14.0. The van der Waals surface area contributed by atoms with Gasteiger partial charge >= 0.3 is 0 Å². The average molecular weight is 603 g/mol. The van der Waals surface area contributed by atoms with Gasteiger partial charge in [0.1, 0.15) is 23.0 Å². The van der Waals surface area contributed by atoms with Gasteiger partial charge in [-0.2, -0.15) is 0 Å². The summed E-state index contributed by atoms with van der Waals surface area (Å²) >= 11 is 7.12. The smallest absolute Gasteiger partial charge is 0.272 e. The van der Waals surface area contributed by atoms with Crippen LogP contribution in [-0.4, -0.2) is 42.7 Å². The molecule has 3 amide bonds. The minimum atomic E-state index is -0.558. The quantitative estimate of drug-likeness (QED) is 0.145. The maximum atomic E-state index is 13.5. The van der Waals surface area contributed by atoms with Crippen LogP contribution in [0.25, 0.3) is 6.08 Å². The molecule has 11 heteroatoms. The van der Waals surface area contributed by atoms with E-state index in [0.717, 1.165) is 4.90 Å². The number of carbonyl (C=O) groups is 3. The Balaban J connectivity index is 1.51.